The summed E-state index contributed by atoms with van der Waals surface area (Å²) in [5.74, 6) is -1.77. The van der Waals surface area contributed by atoms with E-state index in [1.807, 2.05) is 0 Å². The van der Waals surface area contributed by atoms with Crippen LogP contribution in [0.4, 0.5) is 14.5 Å². The largest absolute Gasteiger partial charge is 0.277 e. The van der Waals surface area contributed by atoms with Gasteiger partial charge in [-0.15, -0.1) is 0 Å². The fourth-order valence-corrected chi connectivity index (χ4v) is 3.31. The van der Waals surface area contributed by atoms with Crippen molar-refractivity contribution in [2.45, 2.75) is 4.90 Å². The fourth-order valence-electron chi connectivity index (χ4n) is 2.07. The minimum Gasteiger partial charge on any atom is -0.277 e. The van der Waals surface area contributed by atoms with E-state index in [1.54, 1.807) is 24.3 Å². The highest BCUT2D eigenvalue weighted by Crippen LogP contribution is 2.24. The molecule has 0 bridgehead atoms. The monoisotopic (exact) mass is 320 g/mol. The maximum atomic E-state index is 13.6. The average Bonchev–Trinajstić information content (AvgIpc) is 2.49. The summed E-state index contributed by atoms with van der Waals surface area (Å²) in [6.07, 6.45) is 1.47. The van der Waals surface area contributed by atoms with Crippen molar-refractivity contribution in [1.29, 1.82) is 0 Å². The zero-order chi connectivity index (χ0) is 15.7. The molecule has 0 saturated heterocycles. The zero-order valence-corrected chi connectivity index (χ0v) is 11.9. The van der Waals surface area contributed by atoms with E-state index in [2.05, 4.69) is 9.71 Å². The molecule has 22 heavy (non-hydrogen) atoms. The van der Waals surface area contributed by atoms with Gasteiger partial charge in [0.25, 0.3) is 10.0 Å². The van der Waals surface area contributed by atoms with Crippen LogP contribution in [0.2, 0.25) is 0 Å². The van der Waals surface area contributed by atoms with Crippen LogP contribution >= 0.6 is 0 Å². The molecule has 0 aliphatic heterocycles. The van der Waals surface area contributed by atoms with Gasteiger partial charge >= 0.3 is 0 Å². The first kappa shape index (κ1) is 14.4. The molecule has 0 atom stereocenters. The number of hydrogen-bond donors (Lipinski definition) is 1. The van der Waals surface area contributed by atoms with E-state index in [4.69, 9.17) is 0 Å². The summed E-state index contributed by atoms with van der Waals surface area (Å²) in [7, 11) is -4.05. The lowest BCUT2D eigenvalue weighted by molar-refractivity contribution is 0.583. The van der Waals surface area contributed by atoms with E-state index in [0.29, 0.717) is 11.5 Å². The molecule has 0 aliphatic carbocycles. The third kappa shape index (κ3) is 2.62. The third-order valence-corrected chi connectivity index (χ3v) is 4.46. The number of para-hydroxylation sites is 1. The van der Waals surface area contributed by atoms with Gasteiger partial charge in [-0.1, -0.05) is 18.2 Å². The van der Waals surface area contributed by atoms with Crippen LogP contribution in [0.3, 0.4) is 0 Å². The summed E-state index contributed by atoms with van der Waals surface area (Å²) in [6, 6.07) is 10.7. The summed E-state index contributed by atoms with van der Waals surface area (Å²) >= 11 is 0. The van der Waals surface area contributed by atoms with Gasteiger partial charge in [-0.25, -0.2) is 17.2 Å². The lowest BCUT2D eigenvalue weighted by Crippen LogP contribution is -2.14. The smallest absolute Gasteiger partial charge is 0.264 e. The molecule has 0 unspecified atom stereocenters. The normalized spacial score (nSPS) is 11.5. The summed E-state index contributed by atoms with van der Waals surface area (Å²) < 4.78 is 53.5. The van der Waals surface area contributed by atoms with Gasteiger partial charge in [-0.3, -0.25) is 9.71 Å². The maximum absolute atomic E-state index is 13.6. The van der Waals surface area contributed by atoms with Gasteiger partial charge in [-0.2, -0.15) is 0 Å². The Labute approximate surface area is 125 Å². The molecule has 0 aliphatic rings. The van der Waals surface area contributed by atoms with E-state index < -0.39 is 21.7 Å². The van der Waals surface area contributed by atoms with Crippen molar-refractivity contribution in [3.05, 3.63) is 66.4 Å². The molecule has 3 rings (SSSR count). The first-order valence-electron chi connectivity index (χ1n) is 6.29. The number of halogens is 2. The predicted molar refractivity (Wildman–Crippen MR) is 78.9 cm³/mol. The number of benzene rings is 2. The Hall–Kier alpha value is -2.54. The number of aromatic nitrogens is 1. The van der Waals surface area contributed by atoms with Gasteiger partial charge in [0.05, 0.1) is 11.2 Å². The van der Waals surface area contributed by atoms with Crippen LogP contribution < -0.4 is 4.72 Å². The molecule has 0 spiro atoms. The highest BCUT2D eigenvalue weighted by molar-refractivity contribution is 7.93. The Bertz CT molecular complexity index is 953. The number of pyridine rings is 1. The Morgan fingerprint density at radius 1 is 1.00 bits per heavy atom. The van der Waals surface area contributed by atoms with Crippen molar-refractivity contribution in [1.82, 2.24) is 4.98 Å². The van der Waals surface area contributed by atoms with Crippen molar-refractivity contribution in [2.24, 2.45) is 0 Å². The van der Waals surface area contributed by atoms with E-state index in [0.717, 1.165) is 12.1 Å². The molecule has 0 radical (unpaired) electrons. The molecule has 0 amide bonds. The highest BCUT2D eigenvalue weighted by Gasteiger charge is 2.19. The molecule has 1 aromatic heterocycles. The number of anilines is 1. The summed E-state index contributed by atoms with van der Waals surface area (Å²) in [5, 5.41) is 0.643. The summed E-state index contributed by atoms with van der Waals surface area (Å²) in [6.45, 7) is 0. The van der Waals surface area contributed by atoms with E-state index in [1.165, 1.54) is 12.3 Å². The average molecular weight is 320 g/mol. The fraction of sp³-hybridized carbons (Fsp3) is 0. The number of rotatable bonds is 3. The van der Waals surface area contributed by atoms with Crippen molar-refractivity contribution in [2.75, 3.05) is 4.72 Å². The number of fused-ring (bicyclic) bond motifs is 1. The molecule has 112 valence electrons. The van der Waals surface area contributed by atoms with Crippen molar-refractivity contribution < 1.29 is 17.2 Å². The van der Waals surface area contributed by atoms with Crippen molar-refractivity contribution in [3.63, 3.8) is 0 Å². The molecular formula is C15H10F2N2O2S. The van der Waals surface area contributed by atoms with E-state index >= 15 is 0 Å². The standard InChI is InChI=1S/C15H10F2N2O2S/c16-11-6-7-13(12(17)9-11)19-22(20,21)14-5-1-3-10-4-2-8-18-15(10)14/h1-9,19H. The second-order valence-electron chi connectivity index (χ2n) is 4.56. The van der Waals surface area contributed by atoms with Crippen molar-refractivity contribution in [3.8, 4) is 0 Å². The second kappa shape index (κ2) is 5.34. The topological polar surface area (TPSA) is 59.1 Å². The molecule has 7 heteroatoms. The lowest BCUT2D eigenvalue weighted by Gasteiger charge is -2.10. The quantitative estimate of drug-likeness (QED) is 0.805. The summed E-state index contributed by atoms with van der Waals surface area (Å²) in [4.78, 5) is 3.98. The minimum absolute atomic E-state index is 0.0747. The highest BCUT2D eigenvalue weighted by atomic mass is 32.2. The van der Waals surface area contributed by atoms with Gasteiger partial charge in [0, 0.05) is 17.6 Å². The van der Waals surface area contributed by atoms with Crippen LogP contribution in [0.5, 0.6) is 0 Å². The van der Waals surface area contributed by atoms with Gasteiger partial charge in [-0.05, 0) is 24.3 Å². The maximum Gasteiger partial charge on any atom is 0.264 e. The molecule has 1 heterocycles. The summed E-state index contributed by atoms with van der Waals surface area (Å²) in [5.41, 5.74) is -0.0469. The van der Waals surface area contributed by atoms with Crippen LogP contribution in [0.1, 0.15) is 0 Å². The molecule has 0 saturated carbocycles. The molecule has 0 fully saturated rings. The van der Waals surface area contributed by atoms with Crippen molar-refractivity contribution >= 4 is 26.6 Å². The van der Waals surface area contributed by atoms with Gasteiger partial charge < -0.3 is 0 Å². The van der Waals surface area contributed by atoms with Crippen LogP contribution in [0.15, 0.2) is 59.6 Å². The number of sulfonamides is 1. The minimum atomic E-state index is -4.05. The number of nitrogens with zero attached hydrogens (tertiary/aromatic N) is 1. The third-order valence-electron chi connectivity index (χ3n) is 3.06. The molecular weight excluding hydrogens is 310 g/mol. The van der Waals surface area contributed by atoms with Gasteiger partial charge in [0.1, 0.15) is 16.5 Å². The second-order valence-corrected chi connectivity index (χ2v) is 6.21. The van der Waals surface area contributed by atoms with E-state index in [-0.39, 0.29) is 16.1 Å². The van der Waals surface area contributed by atoms with Gasteiger partial charge in [0.15, 0.2) is 0 Å². The first-order valence-corrected chi connectivity index (χ1v) is 7.77. The zero-order valence-electron chi connectivity index (χ0n) is 11.1. The molecule has 4 nitrogen and oxygen atoms in total. The number of nitrogens with one attached hydrogen (secondary N) is 1. The molecule has 1 N–H and O–H groups in total. The van der Waals surface area contributed by atoms with E-state index in [9.17, 15) is 17.2 Å². The Morgan fingerprint density at radius 2 is 1.77 bits per heavy atom. The van der Waals surface area contributed by atoms with Crippen LogP contribution in [0, 0.1) is 11.6 Å². The first-order chi connectivity index (χ1) is 10.5. The number of hydrogen-bond acceptors (Lipinski definition) is 3. The molecule has 3 aromatic rings. The molecule has 2 aromatic carbocycles. The van der Waals surface area contributed by atoms with Crippen LogP contribution in [0.25, 0.3) is 10.9 Å². The van der Waals surface area contributed by atoms with Crippen LogP contribution in [-0.2, 0) is 10.0 Å². The Kier molecular flexibility index (Phi) is 3.50. The van der Waals surface area contributed by atoms with Gasteiger partial charge in [0.2, 0.25) is 0 Å². The Balaban J connectivity index is 2.09. The lowest BCUT2D eigenvalue weighted by atomic mass is 10.2. The van der Waals surface area contributed by atoms with Crippen LogP contribution in [-0.4, -0.2) is 13.4 Å². The SMILES string of the molecule is O=S(=O)(Nc1ccc(F)cc1F)c1cccc2cccnc12. The Morgan fingerprint density at radius 3 is 2.55 bits per heavy atom. The predicted octanol–water partition coefficient (Wildman–Crippen LogP) is 3.31.